The molecule has 0 aliphatic heterocycles. The van der Waals surface area contributed by atoms with E-state index in [2.05, 4.69) is 10.3 Å². The molecular weight excluding hydrogens is 242 g/mol. The van der Waals surface area contributed by atoms with Gasteiger partial charge in [0, 0.05) is 18.8 Å². The van der Waals surface area contributed by atoms with Crippen LogP contribution in [0.25, 0.3) is 0 Å². The number of nitrogens with two attached hydrogens (primary N) is 1. The van der Waals surface area contributed by atoms with Crippen molar-refractivity contribution < 1.29 is 4.79 Å². The number of aromatic amines is 1. The standard InChI is InChI=1S/C14H21N3O2/c15-7-10-3-1-2-4-11(10)8-17-14(19)12-5-6-13(18)16-9-12/h5-6,9-11H,1-4,7-8,15H2,(H,16,18)(H,17,19). The van der Waals surface area contributed by atoms with Crippen molar-refractivity contribution in [2.24, 2.45) is 17.6 Å². The Morgan fingerprint density at radius 2 is 2.05 bits per heavy atom. The van der Waals surface area contributed by atoms with Gasteiger partial charge in [-0.25, -0.2) is 0 Å². The normalized spacial score (nSPS) is 23.0. The van der Waals surface area contributed by atoms with Gasteiger partial charge < -0.3 is 16.0 Å². The number of amides is 1. The molecule has 19 heavy (non-hydrogen) atoms. The van der Waals surface area contributed by atoms with E-state index < -0.39 is 0 Å². The van der Waals surface area contributed by atoms with E-state index in [0.29, 0.717) is 30.5 Å². The molecule has 2 unspecified atom stereocenters. The van der Waals surface area contributed by atoms with Crippen LogP contribution in [-0.2, 0) is 0 Å². The average molecular weight is 263 g/mol. The molecule has 1 aromatic heterocycles. The molecule has 2 atom stereocenters. The minimum atomic E-state index is -0.202. The first-order valence-corrected chi connectivity index (χ1v) is 6.87. The largest absolute Gasteiger partial charge is 0.352 e. The second kappa shape index (κ2) is 6.52. The van der Waals surface area contributed by atoms with Crippen molar-refractivity contribution in [1.82, 2.24) is 10.3 Å². The Bertz CT molecular complexity index is 463. The predicted octanol–water partition coefficient (Wildman–Crippen LogP) is 0.870. The summed E-state index contributed by atoms with van der Waals surface area (Å²) in [6.45, 7) is 1.36. The smallest absolute Gasteiger partial charge is 0.252 e. The number of hydrogen-bond acceptors (Lipinski definition) is 3. The highest BCUT2D eigenvalue weighted by Gasteiger charge is 2.24. The topological polar surface area (TPSA) is 88.0 Å². The lowest BCUT2D eigenvalue weighted by atomic mass is 9.79. The summed E-state index contributed by atoms with van der Waals surface area (Å²) in [4.78, 5) is 25.4. The van der Waals surface area contributed by atoms with Gasteiger partial charge in [-0.3, -0.25) is 9.59 Å². The maximum atomic E-state index is 11.9. The third kappa shape index (κ3) is 3.67. The van der Waals surface area contributed by atoms with Crippen molar-refractivity contribution in [3.63, 3.8) is 0 Å². The third-order valence-corrected chi connectivity index (χ3v) is 3.94. The molecular formula is C14H21N3O2. The first-order chi connectivity index (χ1) is 9.20. The maximum Gasteiger partial charge on any atom is 0.252 e. The number of rotatable bonds is 4. The number of aromatic nitrogens is 1. The molecule has 104 valence electrons. The number of pyridine rings is 1. The molecule has 1 aliphatic rings. The fourth-order valence-electron chi connectivity index (χ4n) is 2.74. The summed E-state index contributed by atoms with van der Waals surface area (Å²) >= 11 is 0. The fourth-order valence-corrected chi connectivity index (χ4v) is 2.74. The van der Waals surface area contributed by atoms with Crippen LogP contribution < -0.4 is 16.6 Å². The number of H-pyrrole nitrogens is 1. The average Bonchev–Trinajstić information content (AvgIpc) is 2.45. The minimum Gasteiger partial charge on any atom is -0.352 e. The molecule has 1 fully saturated rings. The third-order valence-electron chi connectivity index (χ3n) is 3.94. The van der Waals surface area contributed by atoms with Crippen LogP contribution in [0, 0.1) is 11.8 Å². The Morgan fingerprint density at radius 1 is 1.32 bits per heavy atom. The van der Waals surface area contributed by atoms with Crippen LogP contribution in [0.2, 0.25) is 0 Å². The molecule has 1 amide bonds. The van der Waals surface area contributed by atoms with Gasteiger partial charge in [-0.05, 0) is 37.3 Å². The second-order valence-corrected chi connectivity index (χ2v) is 5.19. The van der Waals surface area contributed by atoms with E-state index in [1.165, 1.54) is 31.2 Å². The van der Waals surface area contributed by atoms with Gasteiger partial charge in [0.25, 0.3) is 5.91 Å². The van der Waals surface area contributed by atoms with Crippen molar-refractivity contribution in [2.45, 2.75) is 25.7 Å². The Kier molecular flexibility index (Phi) is 4.74. The molecule has 1 saturated carbocycles. The summed E-state index contributed by atoms with van der Waals surface area (Å²) in [7, 11) is 0. The van der Waals surface area contributed by atoms with Crippen LogP contribution in [0.4, 0.5) is 0 Å². The van der Waals surface area contributed by atoms with Gasteiger partial charge >= 0.3 is 0 Å². The van der Waals surface area contributed by atoms with Gasteiger partial charge in [0.05, 0.1) is 5.56 Å². The minimum absolute atomic E-state index is 0.141. The Hall–Kier alpha value is -1.62. The number of nitrogens with one attached hydrogen (secondary N) is 2. The SMILES string of the molecule is NCC1CCCCC1CNC(=O)c1ccc(=O)[nH]c1. The van der Waals surface area contributed by atoms with Gasteiger partial charge in [-0.1, -0.05) is 12.8 Å². The van der Waals surface area contributed by atoms with E-state index in [4.69, 9.17) is 5.73 Å². The van der Waals surface area contributed by atoms with E-state index in [1.807, 2.05) is 0 Å². The first-order valence-electron chi connectivity index (χ1n) is 6.87. The number of hydrogen-bond donors (Lipinski definition) is 3. The van der Waals surface area contributed by atoms with Gasteiger partial charge in [-0.15, -0.1) is 0 Å². The lowest BCUT2D eigenvalue weighted by molar-refractivity contribution is 0.0934. The van der Waals surface area contributed by atoms with Crippen molar-refractivity contribution in [3.05, 3.63) is 34.2 Å². The molecule has 4 N–H and O–H groups in total. The van der Waals surface area contributed by atoms with Crippen LogP contribution in [0.5, 0.6) is 0 Å². The zero-order valence-corrected chi connectivity index (χ0v) is 11.0. The molecule has 0 saturated heterocycles. The number of carbonyl (C=O) groups is 1. The highest BCUT2D eigenvalue weighted by Crippen LogP contribution is 2.28. The quantitative estimate of drug-likeness (QED) is 0.753. The molecule has 1 aliphatic carbocycles. The highest BCUT2D eigenvalue weighted by atomic mass is 16.1. The number of carbonyl (C=O) groups excluding carboxylic acids is 1. The molecule has 1 heterocycles. The Balaban J connectivity index is 1.89. The van der Waals surface area contributed by atoms with E-state index >= 15 is 0 Å². The molecule has 1 aromatic rings. The van der Waals surface area contributed by atoms with Crippen molar-refractivity contribution in [1.29, 1.82) is 0 Å². The van der Waals surface area contributed by atoms with Gasteiger partial charge in [0.15, 0.2) is 0 Å². The zero-order valence-electron chi connectivity index (χ0n) is 11.0. The van der Waals surface area contributed by atoms with Crippen LogP contribution in [0.3, 0.4) is 0 Å². The molecule has 2 rings (SSSR count). The van der Waals surface area contributed by atoms with Crippen molar-refractivity contribution in [3.8, 4) is 0 Å². The molecule has 0 radical (unpaired) electrons. The maximum absolute atomic E-state index is 11.9. The predicted molar refractivity (Wildman–Crippen MR) is 73.9 cm³/mol. The zero-order chi connectivity index (χ0) is 13.7. The summed E-state index contributed by atoms with van der Waals surface area (Å²) in [6.07, 6.45) is 6.20. The van der Waals surface area contributed by atoms with E-state index in [0.717, 1.165) is 12.8 Å². The molecule has 5 heteroatoms. The summed E-state index contributed by atoms with van der Waals surface area (Å²) in [6, 6.07) is 2.90. The second-order valence-electron chi connectivity index (χ2n) is 5.19. The van der Waals surface area contributed by atoms with Crippen LogP contribution in [0.15, 0.2) is 23.1 Å². The van der Waals surface area contributed by atoms with Gasteiger partial charge in [0.1, 0.15) is 0 Å². The fraction of sp³-hybridized carbons (Fsp3) is 0.571. The molecule has 5 nitrogen and oxygen atoms in total. The lowest BCUT2D eigenvalue weighted by Gasteiger charge is -2.30. The van der Waals surface area contributed by atoms with Crippen LogP contribution in [0.1, 0.15) is 36.0 Å². The Morgan fingerprint density at radius 3 is 2.68 bits per heavy atom. The first kappa shape index (κ1) is 13.8. The Labute approximate surface area is 112 Å². The van der Waals surface area contributed by atoms with E-state index in [1.54, 1.807) is 0 Å². The van der Waals surface area contributed by atoms with Crippen LogP contribution in [-0.4, -0.2) is 24.0 Å². The van der Waals surface area contributed by atoms with Gasteiger partial charge in [-0.2, -0.15) is 0 Å². The van der Waals surface area contributed by atoms with Crippen molar-refractivity contribution >= 4 is 5.91 Å². The van der Waals surface area contributed by atoms with E-state index in [-0.39, 0.29) is 11.5 Å². The van der Waals surface area contributed by atoms with Crippen molar-refractivity contribution in [2.75, 3.05) is 13.1 Å². The molecule has 0 spiro atoms. The molecule has 0 aromatic carbocycles. The molecule has 0 bridgehead atoms. The van der Waals surface area contributed by atoms with Crippen LogP contribution >= 0.6 is 0 Å². The monoisotopic (exact) mass is 263 g/mol. The summed E-state index contributed by atoms with van der Waals surface area (Å²) < 4.78 is 0. The summed E-state index contributed by atoms with van der Waals surface area (Å²) in [5.41, 5.74) is 6.06. The van der Waals surface area contributed by atoms with E-state index in [9.17, 15) is 9.59 Å². The highest BCUT2D eigenvalue weighted by molar-refractivity contribution is 5.93. The summed E-state index contributed by atoms with van der Waals surface area (Å²) in [5.74, 6) is 0.854. The summed E-state index contributed by atoms with van der Waals surface area (Å²) in [5, 5.41) is 2.94. The lowest BCUT2D eigenvalue weighted by Crippen LogP contribution is -2.37. The van der Waals surface area contributed by atoms with Gasteiger partial charge in [0.2, 0.25) is 5.56 Å².